The van der Waals surface area contributed by atoms with E-state index in [1.807, 2.05) is 6.92 Å². The molecule has 0 radical (unpaired) electrons. The van der Waals surface area contributed by atoms with E-state index in [0.717, 1.165) is 12.6 Å². The van der Waals surface area contributed by atoms with Crippen LogP contribution in [-0.4, -0.2) is 55.5 Å². The van der Waals surface area contributed by atoms with Crippen LogP contribution >= 0.6 is 0 Å². The molecule has 0 atom stereocenters. The van der Waals surface area contributed by atoms with Gasteiger partial charge in [-0.3, -0.25) is 0 Å². The number of hydrogen-bond acceptors (Lipinski definition) is 4. The summed E-state index contributed by atoms with van der Waals surface area (Å²) in [5.74, 6) is -0.811. The van der Waals surface area contributed by atoms with Gasteiger partial charge in [0.05, 0.1) is 6.61 Å². The first-order valence-electron chi connectivity index (χ1n) is 6.61. The van der Waals surface area contributed by atoms with Gasteiger partial charge in [0.25, 0.3) is 0 Å². The highest BCUT2D eigenvalue weighted by atomic mass is 32.2. The Morgan fingerprint density at radius 2 is 1.90 bits per heavy atom. The summed E-state index contributed by atoms with van der Waals surface area (Å²) in [5, 5.41) is 8.93. The molecule has 0 spiro atoms. The van der Waals surface area contributed by atoms with Gasteiger partial charge in [0.1, 0.15) is 10.7 Å². The molecule has 0 aliphatic carbocycles. The van der Waals surface area contributed by atoms with Crippen molar-refractivity contribution >= 4 is 10.0 Å². The average Bonchev–Trinajstić information content (AvgIpc) is 2.46. The first-order chi connectivity index (χ1) is 9.48. The maximum Gasteiger partial charge on any atom is 0.246 e. The lowest BCUT2D eigenvalue weighted by atomic mass is 10.2. The molecule has 0 unspecified atom stereocenters. The van der Waals surface area contributed by atoms with E-state index in [-0.39, 0.29) is 11.5 Å². The summed E-state index contributed by atoms with van der Waals surface area (Å²) in [4.78, 5) is 1.83. The zero-order valence-electron chi connectivity index (χ0n) is 11.4. The average molecular weight is 302 g/mol. The molecule has 1 saturated heterocycles. The summed E-state index contributed by atoms with van der Waals surface area (Å²) in [5.41, 5.74) is 0.359. The van der Waals surface area contributed by atoms with Crippen LogP contribution in [0.25, 0.3) is 0 Å². The third-order valence-electron chi connectivity index (χ3n) is 3.58. The van der Waals surface area contributed by atoms with Crippen molar-refractivity contribution in [2.75, 3.05) is 32.7 Å². The Bertz CT molecular complexity index is 569. The molecule has 0 amide bonds. The molecule has 0 saturated carbocycles. The Hall–Kier alpha value is -1.02. The minimum Gasteiger partial charge on any atom is -0.392 e. The molecular weight excluding hydrogens is 283 g/mol. The third kappa shape index (κ3) is 3.01. The minimum absolute atomic E-state index is 0.313. The van der Waals surface area contributed by atoms with Crippen molar-refractivity contribution in [3.8, 4) is 0 Å². The van der Waals surface area contributed by atoms with E-state index in [1.165, 1.54) is 16.4 Å². The molecule has 1 aliphatic heterocycles. The molecule has 1 aromatic rings. The normalized spacial score (nSPS) is 18.4. The van der Waals surface area contributed by atoms with Gasteiger partial charge < -0.3 is 10.0 Å². The number of sulfonamides is 1. The van der Waals surface area contributed by atoms with Crippen LogP contribution in [-0.2, 0) is 16.6 Å². The van der Waals surface area contributed by atoms with E-state index in [2.05, 4.69) is 4.90 Å². The van der Waals surface area contributed by atoms with Crippen LogP contribution in [0.5, 0.6) is 0 Å². The molecule has 1 heterocycles. The van der Waals surface area contributed by atoms with Crippen molar-refractivity contribution in [3.63, 3.8) is 0 Å². The quantitative estimate of drug-likeness (QED) is 0.887. The summed E-state index contributed by atoms with van der Waals surface area (Å²) in [6.45, 7) is 4.66. The summed E-state index contributed by atoms with van der Waals surface area (Å²) in [7, 11) is -3.80. The fraction of sp³-hybridized carbons (Fsp3) is 0.538. The molecule has 1 N–H and O–H groups in total. The first-order valence-corrected chi connectivity index (χ1v) is 8.05. The molecule has 1 aliphatic rings. The predicted molar refractivity (Wildman–Crippen MR) is 73.2 cm³/mol. The predicted octanol–water partition coefficient (Wildman–Crippen LogP) is 0.644. The maximum atomic E-state index is 13.9. The van der Waals surface area contributed by atoms with Crippen molar-refractivity contribution in [3.05, 3.63) is 29.6 Å². The Morgan fingerprint density at radius 1 is 1.25 bits per heavy atom. The van der Waals surface area contributed by atoms with Crippen LogP contribution in [0.1, 0.15) is 12.5 Å². The zero-order chi connectivity index (χ0) is 14.8. The van der Waals surface area contributed by atoms with E-state index in [4.69, 9.17) is 5.11 Å². The van der Waals surface area contributed by atoms with Gasteiger partial charge in [-0.15, -0.1) is 0 Å². The highest BCUT2D eigenvalue weighted by Gasteiger charge is 2.30. The van der Waals surface area contributed by atoms with Gasteiger partial charge in [0.15, 0.2) is 0 Å². The Morgan fingerprint density at radius 3 is 2.40 bits per heavy atom. The Labute approximate surface area is 118 Å². The van der Waals surface area contributed by atoms with Gasteiger partial charge in [-0.1, -0.05) is 13.0 Å². The molecule has 2 rings (SSSR count). The van der Waals surface area contributed by atoms with Crippen LogP contribution < -0.4 is 0 Å². The van der Waals surface area contributed by atoms with Crippen molar-refractivity contribution in [2.45, 2.75) is 18.4 Å². The molecular formula is C13H19FN2O3S. The second kappa shape index (κ2) is 6.17. The molecule has 112 valence electrons. The van der Waals surface area contributed by atoms with Gasteiger partial charge in [-0.25, -0.2) is 12.8 Å². The lowest BCUT2D eigenvalue weighted by Gasteiger charge is -2.33. The zero-order valence-corrected chi connectivity index (χ0v) is 12.2. The highest BCUT2D eigenvalue weighted by molar-refractivity contribution is 7.89. The van der Waals surface area contributed by atoms with Crippen LogP contribution in [0.15, 0.2) is 23.1 Å². The fourth-order valence-electron chi connectivity index (χ4n) is 2.28. The Balaban J connectivity index is 2.23. The summed E-state index contributed by atoms with van der Waals surface area (Å²) in [6.07, 6.45) is 0. The standard InChI is InChI=1S/C13H19FN2O3S/c1-2-15-5-7-16(8-6-15)20(18,19)13-4-3-11(10-17)9-12(13)14/h3-4,9,17H,2,5-8,10H2,1H3. The maximum absolute atomic E-state index is 13.9. The number of benzene rings is 1. The highest BCUT2D eigenvalue weighted by Crippen LogP contribution is 2.21. The largest absolute Gasteiger partial charge is 0.392 e. The van der Waals surface area contributed by atoms with Gasteiger partial charge in [-0.05, 0) is 24.2 Å². The summed E-state index contributed by atoms with van der Waals surface area (Å²) < 4.78 is 40.0. The lowest BCUT2D eigenvalue weighted by Crippen LogP contribution is -2.48. The molecule has 7 heteroatoms. The number of rotatable bonds is 4. The SMILES string of the molecule is CCN1CCN(S(=O)(=O)c2ccc(CO)cc2F)CC1. The van der Waals surface area contributed by atoms with Gasteiger partial charge in [0.2, 0.25) is 10.0 Å². The van der Waals surface area contributed by atoms with E-state index in [0.29, 0.717) is 31.7 Å². The van der Waals surface area contributed by atoms with E-state index < -0.39 is 15.8 Å². The smallest absolute Gasteiger partial charge is 0.246 e. The number of likely N-dealkylation sites (N-methyl/N-ethyl adjacent to an activating group) is 1. The van der Waals surface area contributed by atoms with E-state index in [9.17, 15) is 12.8 Å². The molecule has 0 bridgehead atoms. The van der Waals surface area contributed by atoms with Gasteiger partial charge in [0, 0.05) is 26.2 Å². The van der Waals surface area contributed by atoms with Crippen LogP contribution in [0.3, 0.4) is 0 Å². The Kier molecular flexibility index (Phi) is 4.74. The first kappa shape index (κ1) is 15.4. The number of nitrogens with zero attached hydrogens (tertiary/aromatic N) is 2. The molecule has 0 aromatic heterocycles. The molecule has 1 aromatic carbocycles. The molecule has 20 heavy (non-hydrogen) atoms. The second-order valence-electron chi connectivity index (χ2n) is 4.76. The number of aliphatic hydroxyl groups excluding tert-OH is 1. The summed E-state index contributed by atoms with van der Waals surface area (Å²) >= 11 is 0. The third-order valence-corrected chi connectivity index (χ3v) is 5.51. The van der Waals surface area contributed by atoms with Gasteiger partial charge in [-0.2, -0.15) is 4.31 Å². The van der Waals surface area contributed by atoms with E-state index in [1.54, 1.807) is 0 Å². The minimum atomic E-state index is -3.80. The topological polar surface area (TPSA) is 60.9 Å². The van der Waals surface area contributed by atoms with Crippen LogP contribution in [0.4, 0.5) is 4.39 Å². The number of piperazine rings is 1. The number of hydrogen-bond donors (Lipinski definition) is 1. The summed E-state index contributed by atoms with van der Waals surface area (Å²) in [6, 6.07) is 3.72. The molecule has 1 fully saturated rings. The van der Waals surface area contributed by atoms with Crippen molar-refractivity contribution in [2.24, 2.45) is 0 Å². The van der Waals surface area contributed by atoms with Crippen molar-refractivity contribution in [1.29, 1.82) is 0 Å². The lowest BCUT2D eigenvalue weighted by molar-refractivity contribution is 0.196. The fourth-order valence-corrected chi connectivity index (χ4v) is 3.74. The monoisotopic (exact) mass is 302 g/mol. The van der Waals surface area contributed by atoms with Crippen molar-refractivity contribution in [1.82, 2.24) is 9.21 Å². The van der Waals surface area contributed by atoms with Crippen LogP contribution in [0, 0.1) is 5.82 Å². The van der Waals surface area contributed by atoms with Crippen molar-refractivity contribution < 1.29 is 17.9 Å². The van der Waals surface area contributed by atoms with Crippen LogP contribution in [0.2, 0.25) is 0 Å². The number of aliphatic hydroxyl groups is 1. The van der Waals surface area contributed by atoms with E-state index >= 15 is 0 Å². The number of halogens is 1. The molecule has 5 nitrogen and oxygen atoms in total. The van der Waals surface area contributed by atoms with Gasteiger partial charge >= 0.3 is 0 Å². The second-order valence-corrected chi connectivity index (χ2v) is 6.67.